The Hall–Kier alpha value is -4.12. The van der Waals surface area contributed by atoms with Gasteiger partial charge in [0.15, 0.2) is 5.96 Å². The molecular formula is C37H53ClN8O3. The Morgan fingerprint density at radius 3 is 1.96 bits per heavy atom. The van der Waals surface area contributed by atoms with Crippen LogP contribution in [0.1, 0.15) is 93.7 Å². The number of hydrogen-bond donors (Lipinski definition) is 7. The van der Waals surface area contributed by atoms with E-state index in [2.05, 4.69) is 20.9 Å². The van der Waals surface area contributed by atoms with Crippen LogP contribution in [0.15, 0.2) is 53.5 Å². The van der Waals surface area contributed by atoms with Gasteiger partial charge in [-0.05, 0) is 80.0 Å². The summed E-state index contributed by atoms with van der Waals surface area (Å²) in [6, 6.07) is 13.1. The van der Waals surface area contributed by atoms with Crippen LogP contribution >= 0.6 is 11.6 Å². The molecule has 0 saturated heterocycles. The summed E-state index contributed by atoms with van der Waals surface area (Å²) in [6.07, 6.45) is 11.3. The minimum Gasteiger partial charge on any atom is -0.384 e. The molecule has 0 bridgehead atoms. The van der Waals surface area contributed by atoms with E-state index < -0.39 is 12.1 Å². The van der Waals surface area contributed by atoms with E-state index in [1.54, 1.807) is 12.1 Å². The number of hydrogen-bond acceptors (Lipinski definition) is 5. The van der Waals surface area contributed by atoms with E-state index in [1.807, 2.05) is 36.4 Å². The maximum atomic E-state index is 14.3. The molecular weight excluding hydrogens is 640 g/mol. The fraction of sp³-hybridized carbons (Fsp3) is 0.541. The van der Waals surface area contributed by atoms with Crippen LogP contribution in [0, 0.1) is 23.2 Å². The van der Waals surface area contributed by atoms with Crippen LogP contribution < -0.4 is 33.2 Å². The lowest BCUT2D eigenvalue weighted by Gasteiger charge is -2.34. The van der Waals surface area contributed by atoms with Gasteiger partial charge >= 0.3 is 0 Å². The van der Waals surface area contributed by atoms with Crippen LogP contribution in [-0.4, -0.2) is 48.1 Å². The molecule has 0 spiro atoms. The van der Waals surface area contributed by atoms with Crippen LogP contribution in [-0.2, 0) is 27.3 Å². The monoisotopic (exact) mass is 692 g/mol. The average molecular weight is 693 g/mol. The van der Waals surface area contributed by atoms with Gasteiger partial charge in [-0.3, -0.25) is 24.8 Å². The highest BCUT2D eigenvalue weighted by Crippen LogP contribution is 2.33. The van der Waals surface area contributed by atoms with Gasteiger partial charge in [-0.2, -0.15) is 0 Å². The Balaban J connectivity index is 1.52. The van der Waals surface area contributed by atoms with E-state index in [4.69, 9.17) is 34.2 Å². The molecule has 10 N–H and O–H groups in total. The number of halogens is 1. The summed E-state index contributed by atoms with van der Waals surface area (Å²) in [5.74, 6) is -0.946. The van der Waals surface area contributed by atoms with Gasteiger partial charge in [0.1, 0.15) is 17.9 Å². The third-order valence-corrected chi connectivity index (χ3v) is 10.2. The van der Waals surface area contributed by atoms with Crippen molar-refractivity contribution in [1.29, 1.82) is 5.41 Å². The van der Waals surface area contributed by atoms with Gasteiger partial charge in [0.2, 0.25) is 17.7 Å². The first-order valence-electron chi connectivity index (χ1n) is 17.7. The number of aliphatic imine (C=N–C) groups is 1. The van der Waals surface area contributed by atoms with Crippen molar-refractivity contribution < 1.29 is 14.4 Å². The summed E-state index contributed by atoms with van der Waals surface area (Å²) in [7, 11) is 0. The second-order valence-corrected chi connectivity index (χ2v) is 14.0. The molecule has 0 aliphatic heterocycles. The highest BCUT2D eigenvalue weighted by atomic mass is 35.5. The average Bonchev–Trinajstić information content (AvgIpc) is 3.11. The van der Waals surface area contributed by atoms with E-state index in [0.717, 1.165) is 75.3 Å². The quantitative estimate of drug-likeness (QED) is 0.0777. The number of amidine groups is 1. The minimum absolute atomic E-state index is 0.00247. The van der Waals surface area contributed by atoms with Crippen LogP contribution in [0.5, 0.6) is 0 Å². The number of nitrogens with one attached hydrogen (secondary N) is 4. The van der Waals surface area contributed by atoms with E-state index in [-0.39, 0.29) is 53.8 Å². The molecule has 2 aromatic rings. The predicted octanol–water partition coefficient (Wildman–Crippen LogP) is 4.28. The van der Waals surface area contributed by atoms with Crippen molar-refractivity contribution in [3.05, 3.63) is 70.2 Å². The Labute approximate surface area is 295 Å². The molecule has 12 heteroatoms. The molecule has 0 aromatic heterocycles. The number of nitrogens with two attached hydrogens (primary N) is 3. The SMILES string of the molecule is N=C(N)c1ccc(CC(C(=O)NC(C(=O)NC(CCCN=C(N)N)C(=O)NCc2ccc(Cl)cc2)C2CCCCC2)C2CCCCC2)cc1. The van der Waals surface area contributed by atoms with Crippen LogP contribution in [0.25, 0.3) is 0 Å². The summed E-state index contributed by atoms with van der Waals surface area (Å²) in [6.45, 7) is 0.591. The van der Waals surface area contributed by atoms with Gasteiger partial charge < -0.3 is 33.2 Å². The molecule has 3 amide bonds. The van der Waals surface area contributed by atoms with E-state index in [1.165, 1.54) is 0 Å². The zero-order valence-corrected chi connectivity index (χ0v) is 29.2. The Morgan fingerprint density at radius 2 is 1.37 bits per heavy atom. The maximum absolute atomic E-state index is 14.3. The van der Waals surface area contributed by atoms with Crippen molar-refractivity contribution in [2.75, 3.05) is 6.54 Å². The largest absolute Gasteiger partial charge is 0.384 e. The number of carbonyl (C=O) groups is 3. The lowest BCUT2D eigenvalue weighted by Crippen LogP contribution is -2.57. The number of guanidine groups is 1. The van der Waals surface area contributed by atoms with Crippen LogP contribution in [0.4, 0.5) is 0 Å². The second-order valence-electron chi connectivity index (χ2n) is 13.6. The first-order valence-corrected chi connectivity index (χ1v) is 18.1. The van der Waals surface area contributed by atoms with E-state index >= 15 is 0 Å². The first-order chi connectivity index (χ1) is 23.6. The molecule has 0 heterocycles. The molecule has 2 aromatic carbocycles. The number of carbonyl (C=O) groups excluding carboxylic acids is 3. The van der Waals surface area contributed by atoms with Crippen molar-refractivity contribution in [1.82, 2.24) is 16.0 Å². The lowest BCUT2D eigenvalue weighted by molar-refractivity contribution is -0.135. The Kier molecular flexibility index (Phi) is 14.7. The van der Waals surface area contributed by atoms with Gasteiger partial charge in [-0.1, -0.05) is 86.5 Å². The zero-order valence-electron chi connectivity index (χ0n) is 28.4. The van der Waals surface area contributed by atoms with Crippen molar-refractivity contribution in [3.63, 3.8) is 0 Å². The molecule has 11 nitrogen and oxygen atoms in total. The molecule has 4 rings (SSSR count). The summed E-state index contributed by atoms with van der Waals surface area (Å²) in [5.41, 5.74) is 19.2. The van der Waals surface area contributed by atoms with E-state index in [9.17, 15) is 14.4 Å². The van der Waals surface area contributed by atoms with Crippen molar-refractivity contribution in [3.8, 4) is 0 Å². The second kappa shape index (κ2) is 19.2. The van der Waals surface area contributed by atoms with Crippen molar-refractivity contribution >= 4 is 41.1 Å². The number of rotatable bonds is 16. The predicted molar refractivity (Wildman–Crippen MR) is 195 cm³/mol. The van der Waals surface area contributed by atoms with Crippen LogP contribution in [0.3, 0.4) is 0 Å². The molecule has 3 atom stereocenters. The summed E-state index contributed by atoms with van der Waals surface area (Å²) in [4.78, 5) is 46.0. The van der Waals surface area contributed by atoms with Gasteiger partial charge in [0.25, 0.3) is 0 Å². The smallest absolute Gasteiger partial charge is 0.243 e. The standard InChI is InChI=1S/C37H53ClN8O3/c38-29-19-15-25(16-20-29)23-44-35(48)31(12-7-21-43-37(41)42)45-36(49)32(27-10-5-2-6-11-27)46-34(47)30(26-8-3-1-4-9-26)22-24-13-17-28(18-14-24)33(39)40/h13-20,26-27,30-32H,1-12,21-23H2,(H3,39,40)(H,44,48)(H,45,49)(H,46,47)(H4,41,42,43). The van der Waals surface area contributed by atoms with Gasteiger partial charge in [0, 0.05) is 29.6 Å². The zero-order chi connectivity index (χ0) is 35.2. The number of amides is 3. The summed E-state index contributed by atoms with van der Waals surface area (Å²) >= 11 is 6.02. The third-order valence-electron chi connectivity index (χ3n) is 9.94. The summed E-state index contributed by atoms with van der Waals surface area (Å²) < 4.78 is 0. The first kappa shape index (κ1) is 37.7. The van der Waals surface area contributed by atoms with E-state index in [0.29, 0.717) is 36.4 Å². The number of nitrogens with zero attached hydrogens (tertiary/aromatic N) is 1. The maximum Gasteiger partial charge on any atom is 0.243 e. The lowest BCUT2D eigenvalue weighted by atomic mass is 9.76. The molecule has 2 aliphatic carbocycles. The Bertz CT molecular complexity index is 1420. The highest BCUT2D eigenvalue weighted by Gasteiger charge is 2.37. The molecule has 2 aliphatic rings. The Morgan fingerprint density at radius 1 is 0.776 bits per heavy atom. The molecule has 0 radical (unpaired) electrons. The number of nitrogen functional groups attached to an aromatic ring is 1. The topological polar surface area (TPSA) is 202 Å². The molecule has 49 heavy (non-hydrogen) atoms. The summed E-state index contributed by atoms with van der Waals surface area (Å²) in [5, 5.41) is 17.5. The fourth-order valence-electron chi connectivity index (χ4n) is 7.16. The van der Waals surface area contributed by atoms with Gasteiger partial charge in [0.05, 0.1) is 0 Å². The highest BCUT2D eigenvalue weighted by molar-refractivity contribution is 6.30. The van der Waals surface area contributed by atoms with Gasteiger partial charge in [-0.15, -0.1) is 0 Å². The molecule has 266 valence electrons. The molecule has 2 saturated carbocycles. The fourth-order valence-corrected chi connectivity index (χ4v) is 7.28. The minimum atomic E-state index is -0.842. The third kappa shape index (κ3) is 12.1. The van der Waals surface area contributed by atoms with Crippen LogP contribution in [0.2, 0.25) is 5.02 Å². The molecule has 2 fully saturated rings. The number of benzene rings is 2. The van der Waals surface area contributed by atoms with Gasteiger partial charge in [-0.25, -0.2) is 0 Å². The molecule has 3 unspecified atom stereocenters. The normalized spacial score (nSPS) is 17.2. The van der Waals surface area contributed by atoms with Crippen molar-refractivity contribution in [2.24, 2.45) is 39.9 Å². The van der Waals surface area contributed by atoms with Crippen molar-refractivity contribution in [2.45, 2.75) is 102 Å².